The van der Waals surface area contributed by atoms with E-state index >= 15 is 0 Å². The Morgan fingerprint density at radius 2 is 1.77 bits per heavy atom. The number of anilines is 1. The minimum absolute atomic E-state index is 0.258. The maximum absolute atomic E-state index is 14.6. The molecule has 0 saturated carbocycles. The van der Waals surface area contributed by atoms with Gasteiger partial charge in [0.15, 0.2) is 0 Å². The summed E-state index contributed by atoms with van der Waals surface area (Å²) in [6, 6.07) is 8.28. The summed E-state index contributed by atoms with van der Waals surface area (Å²) in [6.07, 6.45) is 0. The Balaban J connectivity index is 1.65. The maximum atomic E-state index is 14.6. The van der Waals surface area contributed by atoms with E-state index in [9.17, 15) is 17.6 Å². The number of carbonyl (C=O) groups is 1. The monoisotopic (exact) mass is 487 g/mol. The number of hydrogen-bond acceptors (Lipinski definition) is 5. The summed E-state index contributed by atoms with van der Waals surface area (Å²) in [5.74, 6) is -1.95. The Bertz CT molecular complexity index is 1090. The normalized spacial score (nSPS) is 15.2. The van der Waals surface area contributed by atoms with E-state index in [1.165, 1.54) is 19.1 Å². The molecule has 168 valence electrons. The van der Waals surface area contributed by atoms with E-state index in [1.54, 1.807) is 13.0 Å². The summed E-state index contributed by atoms with van der Waals surface area (Å²) in [7, 11) is -3.76. The Labute approximate surface area is 192 Å². The predicted octanol–water partition coefficient (Wildman–Crippen LogP) is 3.84. The van der Waals surface area contributed by atoms with E-state index in [0.717, 1.165) is 43.0 Å². The molecule has 0 aromatic heterocycles. The van der Waals surface area contributed by atoms with Crippen LogP contribution in [0, 0.1) is 12.7 Å². The molecule has 0 atom stereocenters. The van der Waals surface area contributed by atoms with Crippen LogP contribution in [-0.2, 0) is 16.6 Å². The zero-order valence-electron chi connectivity index (χ0n) is 17.3. The number of aryl methyl sites for hydroxylation is 1. The smallest absolute Gasteiger partial charge is 0.267 e. The summed E-state index contributed by atoms with van der Waals surface area (Å²) in [4.78, 5) is 16.6. The molecule has 2 aromatic rings. The molecule has 1 saturated heterocycles. The van der Waals surface area contributed by atoms with Crippen LogP contribution in [0.25, 0.3) is 0 Å². The van der Waals surface area contributed by atoms with Crippen molar-refractivity contribution in [3.63, 3.8) is 0 Å². The lowest BCUT2D eigenvalue weighted by atomic mass is 10.0. The highest BCUT2D eigenvalue weighted by molar-refractivity contribution is 7.90. The first-order valence-corrected chi connectivity index (χ1v) is 12.3. The minimum Gasteiger partial charge on any atom is -0.369 e. The fourth-order valence-electron chi connectivity index (χ4n) is 3.42. The van der Waals surface area contributed by atoms with Crippen LogP contribution in [0.15, 0.2) is 30.3 Å². The predicted molar refractivity (Wildman–Crippen MR) is 122 cm³/mol. The zero-order valence-corrected chi connectivity index (χ0v) is 19.6. The average molecular weight is 488 g/mol. The average Bonchev–Trinajstić information content (AvgIpc) is 2.72. The standard InChI is InChI=1S/C21H24Cl2FN3O3S/c1-3-31(29,30)25-21(28)17-10-14(2)15(11-20(17)24)13-26-6-8-27(9-7-26)16-4-5-18(22)19(23)12-16/h4-5,10-12H,3,6-9,13H2,1-2H3,(H,25,28). The van der Waals surface area contributed by atoms with Crippen molar-refractivity contribution >= 4 is 44.8 Å². The first-order valence-electron chi connectivity index (χ1n) is 9.86. The molecule has 0 unspecified atom stereocenters. The number of carbonyl (C=O) groups excluding carboxylic acids is 1. The Morgan fingerprint density at radius 1 is 1.10 bits per heavy atom. The number of piperazine rings is 1. The molecule has 0 bridgehead atoms. The summed E-state index contributed by atoms with van der Waals surface area (Å²) in [5, 5.41) is 1.04. The molecule has 1 amide bonds. The van der Waals surface area contributed by atoms with Crippen LogP contribution in [-0.4, -0.2) is 51.2 Å². The van der Waals surface area contributed by atoms with E-state index in [2.05, 4.69) is 9.80 Å². The molecule has 3 rings (SSSR count). The third-order valence-corrected chi connectivity index (χ3v) is 7.33. The van der Waals surface area contributed by atoms with Crippen LogP contribution in [0.2, 0.25) is 10.0 Å². The molecule has 1 fully saturated rings. The number of sulfonamides is 1. The van der Waals surface area contributed by atoms with E-state index in [4.69, 9.17) is 23.2 Å². The van der Waals surface area contributed by atoms with Crippen LogP contribution < -0.4 is 9.62 Å². The van der Waals surface area contributed by atoms with Crippen molar-refractivity contribution in [1.29, 1.82) is 0 Å². The van der Waals surface area contributed by atoms with Gasteiger partial charge in [0.25, 0.3) is 5.91 Å². The number of hydrogen-bond donors (Lipinski definition) is 1. The first-order chi connectivity index (χ1) is 14.6. The number of benzene rings is 2. The van der Waals surface area contributed by atoms with Crippen molar-refractivity contribution in [2.75, 3.05) is 36.8 Å². The zero-order chi connectivity index (χ0) is 22.8. The van der Waals surface area contributed by atoms with Crippen LogP contribution in [0.1, 0.15) is 28.4 Å². The van der Waals surface area contributed by atoms with Crippen LogP contribution in [0.3, 0.4) is 0 Å². The van der Waals surface area contributed by atoms with Crippen molar-refractivity contribution in [2.24, 2.45) is 0 Å². The van der Waals surface area contributed by atoms with E-state index in [-0.39, 0.29) is 11.3 Å². The lowest BCUT2D eigenvalue weighted by molar-refractivity contribution is 0.0977. The second-order valence-corrected chi connectivity index (χ2v) is 10.3. The molecule has 10 heteroatoms. The third kappa shape index (κ3) is 5.88. The summed E-state index contributed by atoms with van der Waals surface area (Å²) in [5.41, 5.74) is 2.22. The van der Waals surface area contributed by atoms with E-state index < -0.39 is 21.7 Å². The van der Waals surface area contributed by atoms with Gasteiger partial charge in [0.2, 0.25) is 10.0 Å². The number of rotatable bonds is 6. The molecule has 2 aromatic carbocycles. The van der Waals surface area contributed by atoms with Gasteiger partial charge in [-0.25, -0.2) is 17.5 Å². The summed E-state index contributed by atoms with van der Waals surface area (Å²) < 4.78 is 39.6. The first kappa shape index (κ1) is 23.8. The van der Waals surface area contributed by atoms with Crippen LogP contribution in [0.4, 0.5) is 10.1 Å². The van der Waals surface area contributed by atoms with Crippen LogP contribution in [0.5, 0.6) is 0 Å². The number of amides is 1. The van der Waals surface area contributed by atoms with Gasteiger partial charge in [0.05, 0.1) is 21.4 Å². The number of nitrogens with zero attached hydrogens (tertiary/aromatic N) is 2. The Morgan fingerprint density at radius 3 is 2.39 bits per heavy atom. The highest BCUT2D eigenvalue weighted by atomic mass is 35.5. The van der Waals surface area contributed by atoms with Crippen LogP contribution >= 0.6 is 23.2 Å². The van der Waals surface area contributed by atoms with E-state index in [0.29, 0.717) is 16.6 Å². The molecule has 1 aliphatic rings. The van der Waals surface area contributed by atoms with Gasteiger partial charge in [-0.15, -0.1) is 0 Å². The Kier molecular flexibility index (Phi) is 7.47. The number of halogens is 3. The van der Waals surface area contributed by atoms with Gasteiger partial charge in [-0.2, -0.15) is 0 Å². The molecule has 31 heavy (non-hydrogen) atoms. The molecule has 1 heterocycles. The molecule has 6 nitrogen and oxygen atoms in total. The fraction of sp³-hybridized carbons (Fsp3) is 0.381. The molecule has 1 N–H and O–H groups in total. The Hall–Kier alpha value is -1.87. The van der Waals surface area contributed by atoms with Gasteiger partial charge in [-0.3, -0.25) is 9.69 Å². The minimum atomic E-state index is -3.76. The molecular weight excluding hydrogens is 464 g/mol. The van der Waals surface area contributed by atoms with Gasteiger partial charge in [0.1, 0.15) is 5.82 Å². The molecule has 0 spiro atoms. The summed E-state index contributed by atoms with van der Waals surface area (Å²) >= 11 is 12.1. The van der Waals surface area contributed by atoms with E-state index in [1.807, 2.05) is 16.9 Å². The molecule has 0 aliphatic carbocycles. The number of nitrogens with one attached hydrogen (secondary N) is 1. The van der Waals surface area contributed by atoms with Gasteiger partial charge >= 0.3 is 0 Å². The van der Waals surface area contributed by atoms with Gasteiger partial charge in [-0.1, -0.05) is 23.2 Å². The highest BCUT2D eigenvalue weighted by Crippen LogP contribution is 2.28. The summed E-state index contributed by atoms with van der Waals surface area (Å²) in [6.45, 7) is 6.85. The van der Waals surface area contributed by atoms with Gasteiger partial charge in [-0.05, 0) is 55.3 Å². The fourth-order valence-corrected chi connectivity index (χ4v) is 4.25. The maximum Gasteiger partial charge on any atom is 0.267 e. The van der Waals surface area contributed by atoms with Crippen molar-refractivity contribution in [3.8, 4) is 0 Å². The van der Waals surface area contributed by atoms with Crippen molar-refractivity contribution in [1.82, 2.24) is 9.62 Å². The van der Waals surface area contributed by atoms with Crippen molar-refractivity contribution in [2.45, 2.75) is 20.4 Å². The third-order valence-electron chi connectivity index (χ3n) is 5.33. The SMILES string of the molecule is CCS(=O)(=O)NC(=O)c1cc(C)c(CN2CCN(c3ccc(Cl)c(Cl)c3)CC2)cc1F. The molecule has 1 aliphatic heterocycles. The molecular formula is C21H24Cl2FN3O3S. The topological polar surface area (TPSA) is 69.7 Å². The second kappa shape index (κ2) is 9.73. The van der Waals surface area contributed by atoms with Gasteiger partial charge in [0, 0.05) is 38.4 Å². The lowest BCUT2D eigenvalue weighted by Gasteiger charge is -2.36. The highest BCUT2D eigenvalue weighted by Gasteiger charge is 2.22. The second-order valence-electron chi connectivity index (χ2n) is 7.45. The largest absolute Gasteiger partial charge is 0.369 e. The lowest BCUT2D eigenvalue weighted by Crippen LogP contribution is -2.46. The van der Waals surface area contributed by atoms with Crippen molar-refractivity contribution < 1.29 is 17.6 Å². The van der Waals surface area contributed by atoms with Crippen molar-refractivity contribution in [3.05, 3.63) is 62.9 Å². The van der Waals surface area contributed by atoms with Gasteiger partial charge < -0.3 is 4.90 Å². The quantitative estimate of drug-likeness (QED) is 0.669. The molecule has 0 radical (unpaired) electrons.